The van der Waals surface area contributed by atoms with Crippen molar-refractivity contribution in [3.8, 4) is 17.2 Å². The molecule has 1 aliphatic heterocycles. The lowest BCUT2D eigenvalue weighted by molar-refractivity contribution is -0.645. The first-order chi connectivity index (χ1) is 12.4. The number of hydrogen-bond donors (Lipinski definition) is 0. The minimum absolute atomic E-state index is 0.790. The Morgan fingerprint density at radius 1 is 1.00 bits per heavy atom. The van der Waals surface area contributed by atoms with Crippen LogP contribution < -0.4 is 4.57 Å². The molecule has 0 spiro atoms. The van der Waals surface area contributed by atoms with Crippen molar-refractivity contribution in [2.24, 2.45) is 0 Å². The normalized spacial score (nSPS) is 12.6. The number of benzene rings is 1. The van der Waals surface area contributed by atoms with Crippen LogP contribution in [0.5, 0.6) is 0 Å². The van der Waals surface area contributed by atoms with Gasteiger partial charge >= 0.3 is 11.5 Å². The lowest BCUT2D eigenvalue weighted by atomic mass is 10.2. The van der Waals surface area contributed by atoms with Crippen molar-refractivity contribution in [1.82, 2.24) is 14.5 Å². The summed E-state index contributed by atoms with van der Waals surface area (Å²) in [6, 6.07) is 16.3. The molecule has 5 nitrogen and oxygen atoms in total. The summed E-state index contributed by atoms with van der Waals surface area (Å²) in [5.74, 6) is 1.06. The summed E-state index contributed by atoms with van der Waals surface area (Å²) < 4.78 is 10.7. The predicted octanol–water partition coefficient (Wildman–Crippen LogP) is 3.48. The standard InChI is InChI=1S/C20H13N4O/c1-2-6-14(7-3-1)24-19-17-13(5-4-9-22-17)12-23(19)18-15-11-21-10-8-16(15)25-20(18)24/h1-11H,12H2/q+1. The Kier molecular flexibility index (Phi) is 2.34. The maximum absolute atomic E-state index is 6.22. The number of para-hydroxylation sites is 1. The molecule has 0 aliphatic carbocycles. The van der Waals surface area contributed by atoms with Gasteiger partial charge in [0.15, 0.2) is 5.69 Å². The second-order valence-electron chi connectivity index (χ2n) is 6.22. The zero-order valence-electron chi connectivity index (χ0n) is 13.3. The van der Waals surface area contributed by atoms with Gasteiger partial charge in [-0.1, -0.05) is 24.3 Å². The molecule has 0 saturated carbocycles. The minimum atomic E-state index is 0.790. The second kappa shape index (κ2) is 4.54. The van der Waals surface area contributed by atoms with Gasteiger partial charge < -0.3 is 4.42 Å². The number of imidazole rings is 1. The highest BCUT2D eigenvalue weighted by Crippen LogP contribution is 2.36. The molecule has 6 rings (SSSR count). The average molecular weight is 325 g/mol. The SMILES string of the molecule is c1ccc(-n2c3[n+](c4c5cnccc5oc42)Cc2cccnc2-3)cc1. The lowest BCUT2D eigenvalue weighted by Gasteiger charge is -1.99. The van der Waals surface area contributed by atoms with Crippen LogP contribution in [0.15, 0.2) is 71.5 Å². The van der Waals surface area contributed by atoms with Crippen LogP contribution in [0, 0.1) is 0 Å². The molecule has 1 aromatic carbocycles. The van der Waals surface area contributed by atoms with Gasteiger partial charge in [-0.2, -0.15) is 4.57 Å². The third kappa shape index (κ3) is 1.59. The molecular formula is C20H13N4O+. The van der Waals surface area contributed by atoms with Gasteiger partial charge in [-0.05, 0) is 18.2 Å². The van der Waals surface area contributed by atoms with Gasteiger partial charge in [-0.3, -0.25) is 4.98 Å². The Hall–Kier alpha value is -3.47. The van der Waals surface area contributed by atoms with Crippen LogP contribution >= 0.6 is 0 Å². The van der Waals surface area contributed by atoms with Crippen molar-refractivity contribution in [3.63, 3.8) is 0 Å². The van der Waals surface area contributed by atoms with E-state index in [2.05, 4.69) is 37.3 Å². The van der Waals surface area contributed by atoms with Gasteiger partial charge in [0.1, 0.15) is 17.8 Å². The summed E-state index contributed by atoms with van der Waals surface area (Å²) in [5, 5.41) is 1.03. The van der Waals surface area contributed by atoms with Crippen LogP contribution in [0.25, 0.3) is 39.4 Å². The molecule has 0 radical (unpaired) electrons. The van der Waals surface area contributed by atoms with Crippen LogP contribution in [0.3, 0.4) is 0 Å². The van der Waals surface area contributed by atoms with E-state index >= 15 is 0 Å². The predicted molar refractivity (Wildman–Crippen MR) is 93.4 cm³/mol. The minimum Gasteiger partial charge on any atom is -0.419 e. The van der Waals surface area contributed by atoms with E-state index in [9.17, 15) is 0 Å². The monoisotopic (exact) mass is 325 g/mol. The molecule has 118 valence electrons. The third-order valence-corrected chi connectivity index (χ3v) is 4.83. The molecule has 0 amide bonds. The average Bonchev–Trinajstić information content (AvgIpc) is 3.29. The van der Waals surface area contributed by atoms with Crippen LogP contribution in [-0.2, 0) is 6.54 Å². The van der Waals surface area contributed by atoms with Crippen molar-refractivity contribution in [3.05, 3.63) is 72.7 Å². The molecule has 0 N–H and O–H groups in total. The highest BCUT2D eigenvalue weighted by Gasteiger charge is 2.39. The van der Waals surface area contributed by atoms with Crippen molar-refractivity contribution < 1.29 is 8.98 Å². The van der Waals surface area contributed by atoms with Gasteiger partial charge in [0.25, 0.3) is 0 Å². The number of furan rings is 1. The van der Waals surface area contributed by atoms with E-state index in [1.54, 1.807) is 6.20 Å². The molecule has 1 aliphatic rings. The summed E-state index contributed by atoms with van der Waals surface area (Å²) in [4.78, 5) is 8.94. The summed E-state index contributed by atoms with van der Waals surface area (Å²) in [5.41, 5.74) is 6.05. The van der Waals surface area contributed by atoms with Crippen LogP contribution in [0.4, 0.5) is 0 Å². The number of fused-ring (bicyclic) bond motifs is 7. The van der Waals surface area contributed by atoms with Crippen LogP contribution in [0.1, 0.15) is 5.56 Å². The quantitative estimate of drug-likeness (QED) is 0.435. The Morgan fingerprint density at radius 2 is 1.92 bits per heavy atom. The lowest BCUT2D eigenvalue weighted by Crippen LogP contribution is -2.31. The number of hydrogen-bond acceptors (Lipinski definition) is 3. The van der Waals surface area contributed by atoms with Gasteiger partial charge in [0.05, 0.1) is 5.39 Å². The number of rotatable bonds is 1. The highest BCUT2D eigenvalue weighted by atomic mass is 16.3. The maximum Gasteiger partial charge on any atom is 0.344 e. The van der Waals surface area contributed by atoms with Crippen LogP contribution in [0.2, 0.25) is 0 Å². The molecule has 5 aromatic rings. The van der Waals surface area contributed by atoms with E-state index in [0.717, 1.165) is 45.9 Å². The Bertz CT molecular complexity index is 1270. The first-order valence-electron chi connectivity index (χ1n) is 8.22. The van der Waals surface area contributed by atoms with E-state index in [0.29, 0.717) is 0 Å². The van der Waals surface area contributed by atoms with Gasteiger partial charge in [0.2, 0.25) is 5.52 Å². The number of aromatic nitrogens is 4. The number of pyridine rings is 2. The van der Waals surface area contributed by atoms with Crippen molar-refractivity contribution in [2.75, 3.05) is 0 Å². The summed E-state index contributed by atoms with van der Waals surface area (Å²) >= 11 is 0. The molecule has 4 aromatic heterocycles. The maximum atomic E-state index is 6.22. The molecule has 5 heteroatoms. The summed E-state index contributed by atoms with van der Waals surface area (Å²) in [6.07, 6.45) is 5.48. The van der Waals surface area contributed by atoms with Crippen molar-refractivity contribution in [2.45, 2.75) is 6.54 Å². The first kappa shape index (κ1) is 12.9. The molecule has 0 unspecified atom stereocenters. The van der Waals surface area contributed by atoms with Gasteiger partial charge in [0, 0.05) is 30.2 Å². The van der Waals surface area contributed by atoms with Gasteiger partial charge in [-0.25, -0.2) is 9.55 Å². The van der Waals surface area contributed by atoms with E-state index < -0.39 is 0 Å². The Morgan fingerprint density at radius 3 is 2.84 bits per heavy atom. The molecule has 25 heavy (non-hydrogen) atoms. The molecule has 0 atom stereocenters. The Balaban J connectivity index is 1.83. The fourth-order valence-electron chi connectivity index (χ4n) is 3.79. The van der Waals surface area contributed by atoms with Crippen molar-refractivity contribution in [1.29, 1.82) is 0 Å². The highest BCUT2D eigenvalue weighted by molar-refractivity contribution is 6.00. The molecule has 0 saturated heterocycles. The molecule has 0 fully saturated rings. The van der Waals surface area contributed by atoms with Crippen LogP contribution in [-0.4, -0.2) is 14.5 Å². The first-order valence-corrected chi connectivity index (χ1v) is 8.22. The Labute approximate surface area is 142 Å². The topological polar surface area (TPSA) is 47.7 Å². The summed E-state index contributed by atoms with van der Waals surface area (Å²) in [7, 11) is 0. The zero-order valence-corrected chi connectivity index (χ0v) is 13.3. The largest absolute Gasteiger partial charge is 0.419 e. The molecular weight excluding hydrogens is 312 g/mol. The van der Waals surface area contributed by atoms with E-state index in [1.807, 2.05) is 42.7 Å². The number of nitrogens with zero attached hydrogens (tertiary/aromatic N) is 4. The molecule has 5 heterocycles. The van der Waals surface area contributed by atoms with E-state index in [-0.39, 0.29) is 0 Å². The van der Waals surface area contributed by atoms with Gasteiger partial charge in [-0.15, -0.1) is 0 Å². The second-order valence-corrected chi connectivity index (χ2v) is 6.22. The van der Waals surface area contributed by atoms with E-state index in [4.69, 9.17) is 4.42 Å². The summed E-state index contributed by atoms with van der Waals surface area (Å²) in [6.45, 7) is 0.790. The third-order valence-electron chi connectivity index (χ3n) is 4.83. The fraction of sp³-hybridized carbons (Fsp3) is 0.0500. The zero-order chi connectivity index (χ0) is 16.4. The smallest absolute Gasteiger partial charge is 0.344 e. The van der Waals surface area contributed by atoms with Crippen molar-refractivity contribution >= 4 is 22.2 Å². The fourth-order valence-corrected chi connectivity index (χ4v) is 3.79. The van der Waals surface area contributed by atoms with E-state index in [1.165, 1.54) is 5.56 Å². The molecule has 0 bridgehead atoms.